The lowest BCUT2D eigenvalue weighted by Crippen LogP contribution is -2.13. The first kappa shape index (κ1) is 16.1. The SMILES string of the molecule is C=CCC[C@H]1CC[C@H](c2ccc(OC)c(CCC)c2)CC1. The van der Waals surface area contributed by atoms with Gasteiger partial charge in [0.25, 0.3) is 0 Å². The molecule has 0 bridgehead atoms. The molecule has 0 spiro atoms. The molecule has 0 N–H and O–H groups in total. The Labute approximate surface area is 130 Å². The molecule has 0 radical (unpaired) electrons. The van der Waals surface area contributed by atoms with Gasteiger partial charge in [-0.3, -0.25) is 0 Å². The fourth-order valence-electron chi connectivity index (χ4n) is 3.66. The molecule has 1 aliphatic carbocycles. The molecule has 1 fully saturated rings. The highest BCUT2D eigenvalue weighted by molar-refractivity contribution is 5.38. The summed E-state index contributed by atoms with van der Waals surface area (Å²) >= 11 is 0. The fraction of sp³-hybridized carbons (Fsp3) is 0.600. The van der Waals surface area contributed by atoms with Gasteiger partial charge in [-0.1, -0.05) is 31.6 Å². The number of allylic oxidation sites excluding steroid dienone is 1. The van der Waals surface area contributed by atoms with Crippen LogP contribution < -0.4 is 4.74 Å². The number of ether oxygens (including phenoxy) is 1. The largest absolute Gasteiger partial charge is 0.496 e. The fourth-order valence-corrected chi connectivity index (χ4v) is 3.66. The molecule has 0 aromatic heterocycles. The molecule has 1 aromatic rings. The molecule has 1 heteroatoms. The maximum atomic E-state index is 5.49. The predicted molar refractivity (Wildman–Crippen MR) is 91.1 cm³/mol. The summed E-state index contributed by atoms with van der Waals surface area (Å²) < 4.78 is 5.49. The highest BCUT2D eigenvalue weighted by Crippen LogP contribution is 2.38. The standard InChI is InChI=1S/C20H30O/c1-4-6-8-16-9-11-17(12-10-16)18-13-14-20(21-3)19(15-18)7-5-2/h4,13-17H,1,5-12H2,2-3H3/t16-,17-. The van der Waals surface area contributed by atoms with E-state index in [1.54, 1.807) is 7.11 Å². The topological polar surface area (TPSA) is 9.23 Å². The van der Waals surface area contributed by atoms with E-state index in [4.69, 9.17) is 4.74 Å². The Morgan fingerprint density at radius 3 is 2.62 bits per heavy atom. The van der Waals surface area contributed by atoms with Crippen molar-refractivity contribution < 1.29 is 4.74 Å². The summed E-state index contributed by atoms with van der Waals surface area (Å²) in [6.07, 6.45) is 12.3. The zero-order chi connectivity index (χ0) is 15.1. The van der Waals surface area contributed by atoms with Crippen LogP contribution in [0.4, 0.5) is 0 Å². The normalized spacial score (nSPS) is 22.0. The maximum absolute atomic E-state index is 5.49. The molecule has 1 aromatic carbocycles. The number of aryl methyl sites for hydroxylation is 1. The van der Waals surface area contributed by atoms with Crippen LogP contribution in [0.5, 0.6) is 5.75 Å². The quantitative estimate of drug-likeness (QED) is 0.568. The third-order valence-electron chi connectivity index (χ3n) is 4.92. The number of hydrogen-bond donors (Lipinski definition) is 0. The van der Waals surface area contributed by atoms with Gasteiger partial charge in [0.1, 0.15) is 5.75 Å². The maximum Gasteiger partial charge on any atom is 0.122 e. The molecular weight excluding hydrogens is 256 g/mol. The minimum Gasteiger partial charge on any atom is -0.496 e. The molecule has 0 heterocycles. The second kappa shape index (κ2) is 8.26. The molecule has 2 rings (SSSR count). The summed E-state index contributed by atoms with van der Waals surface area (Å²) in [4.78, 5) is 0. The van der Waals surface area contributed by atoms with Crippen molar-refractivity contribution in [1.29, 1.82) is 0 Å². The average molecular weight is 286 g/mol. The molecule has 1 aliphatic rings. The van der Waals surface area contributed by atoms with E-state index in [0.29, 0.717) is 0 Å². The molecule has 0 saturated heterocycles. The number of methoxy groups -OCH3 is 1. The molecule has 1 nitrogen and oxygen atoms in total. The lowest BCUT2D eigenvalue weighted by atomic mass is 9.77. The van der Waals surface area contributed by atoms with E-state index in [1.807, 2.05) is 0 Å². The monoisotopic (exact) mass is 286 g/mol. The van der Waals surface area contributed by atoms with Crippen LogP contribution in [0.2, 0.25) is 0 Å². The van der Waals surface area contributed by atoms with E-state index in [1.165, 1.54) is 56.1 Å². The second-order valence-electron chi connectivity index (χ2n) is 6.40. The minimum atomic E-state index is 0.756. The molecule has 1 saturated carbocycles. The van der Waals surface area contributed by atoms with E-state index in [-0.39, 0.29) is 0 Å². The minimum absolute atomic E-state index is 0.756. The molecule has 0 amide bonds. The first-order valence-electron chi connectivity index (χ1n) is 8.56. The third-order valence-corrected chi connectivity index (χ3v) is 4.92. The van der Waals surface area contributed by atoms with Gasteiger partial charge >= 0.3 is 0 Å². The van der Waals surface area contributed by atoms with Gasteiger partial charge in [0.05, 0.1) is 7.11 Å². The van der Waals surface area contributed by atoms with Crippen molar-refractivity contribution >= 4 is 0 Å². The van der Waals surface area contributed by atoms with Crippen LogP contribution in [0, 0.1) is 5.92 Å². The third kappa shape index (κ3) is 4.36. The lowest BCUT2D eigenvalue weighted by molar-refractivity contribution is 0.311. The van der Waals surface area contributed by atoms with Gasteiger partial charge in [0.15, 0.2) is 0 Å². The molecule has 21 heavy (non-hydrogen) atoms. The van der Waals surface area contributed by atoms with E-state index in [2.05, 4.69) is 37.8 Å². The van der Waals surface area contributed by atoms with E-state index < -0.39 is 0 Å². The highest BCUT2D eigenvalue weighted by atomic mass is 16.5. The van der Waals surface area contributed by atoms with Crippen molar-refractivity contribution in [2.45, 2.75) is 64.2 Å². The van der Waals surface area contributed by atoms with Crippen molar-refractivity contribution in [3.63, 3.8) is 0 Å². The van der Waals surface area contributed by atoms with Crippen LogP contribution in [-0.4, -0.2) is 7.11 Å². The van der Waals surface area contributed by atoms with Crippen LogP contribution in [0.3, 0.4) is 0 Å². The zero-order valence-electron chi connectivity index (χ0n) is 13.7. The van der Waals surface area contributed by atoms with Gasteiger partial charge in [-0.15, -0.1) is 6.58 Å². The average Bonchev–Trinajstić information content (AvgIpc) is 2.53. The predicted octanol–water partition coefficient (Wildman–Crippen LogP) is 5.89. The van der Waals surface area contributed by atoms with Crippen LogP contribution in [0.25, 0.3) is 0 Å². The molecule has 116 valence electrons. The van der Waals surface area contributed by atoms with Crippen molar-refractivity contribution in [3.8, 4) is 5.75 Å². The highest BCUT2D eigenvalue weighted by Gasteiger charge is 2.22. The molecule has 0 unspecified atom stereocenters. The summed E-state index contributed by atoms with van der Waals surface area (Å²) in [5.74, 6) is 2.74. The van der Waals surface area contributed by atoms with E-state index in [0.717, 1.165) is 24.0 Å². The van der Waals surface area contributed by atoms with Gasteiger partial charge in [0.2, 0.25) is 0 Å². The first-order chi connectivity index (χ1) is 10.3. The summed E-state index contributed by atoms with van der Waals surface area (Å²) in [7, 11) is 1.78. The zero-order valence-corrected chi connectivity index (χ0v) is 13.7. The van der Waals surface area contributed by atoms with Crippen molar-refractivity contribution in [1.82, 2.24) is 0 Å². The van der Waals surface area contributed by atoms with Gasteiger partial charge in [-0.2, -0.15) is 0 Å². The van der Waals surface area contributed by atoms with Crippen molar-refractivity contribution in [2.75, 3.05) is 7.11 Å². The molecule has 0 atom stereocenters. The van der Waals surface area contributed by atoms with Crippen molar-refractivity contribution in [2.24, 2.45) is 5.92 Å². The smallest absolute Gasteiger partial charge is 0.122 e. The summed E-state index contributed by atoms with van der Waals surface area (Å²) in [5.41, 5.74) is 2.91. The van der Waals surface area contributed by atoms with Crippen molar-refractivity contribution in [3.05, 3.63) is 42.0 Å². The number of hydrogen-bond acceptors (Lipinski definition) is 1. The van der Waals surface area contributed by atoms with Crippen LogP contribution in [0.15, 0.2) is 30.9 Å². The molecule has 0 aliphatic heterocycles. The first-order valence-corrected chi connectivity index (χ1v) is 8.56. The van der Waals surface area contributed by atoms with Gasteiger partial charge in [-0.25, -0.2) is 0 Å². The molecular formula is C20H30O. The van der Waals surface area contributed by atoms with Crippen LogP contribution >= 0.6 is 0 Å². The lowest BCUT2D eigenvalue weighted by Gasteiger charge is -2.29. The summed E-state index contributed by atoms with van der Waals surface area (Å²) in [5, 5.41) is 0. The van der Waals surface area contributed by atoms with E-state index >= 15 is 0 Å². The second-order valence-corrected chi connectivity index (χ2v) is 6.40. The Bertz CT molecular complexity index is 441. The van der Waals surface area contributed by atoms with Crippen LogP contribution in [-0.2, 0) is 6.42 Å². The number of rotatable bonds is 7. The summed E-state index contributed by atoms with van der Waals surface area (Å²) in [6, 6.07) is 6.86. The Kier molecular flexibility index (Phi) is 6.35. The Morgan fingerprint density at radius 1 is 1.24 bits per heavy atom. The number of benzene rings is 1. The van der Waals surface area contributed by atoms with Gasteiger partial charge < -0.3 is 4.74 Å². The van der Waals surface area contributed by atoms with Crippen LogP contribution in [0.1, 0.15) is 68.9 Å². The summed E-state index contributed by atoms with van der Waals surface area (Å²) in [6.45, 7) is 6.07. The van der Waals surface area contributed by atoms with Gasteiger partial charge in [0, 0.05) is 0 Å². The Morgan fingerprint density at radius 2 is 2.00 bits per heavy atom. The van der Waals surface area contributed by atoms with Gasteiger partial charge in [-0.05, 0) is 74.0 Å². The Hall–Kier alpha value is -1.24. The Balaban J connectivity index is 1.99. The van der Waals surface area contributed by atoms with E-state index in [9.17, 15) is 0 Å².